The number of hydrogen-bond acceptors (Lipinski definition) is 2. The molecule has 3 N–H and O–H groups in total. The van der Waals surface area contributed by atoms with Gasteiger partial charge in [0, 0.05) is 0 Å². The minimum Gasteiger partial charge on any atom is -0.316 e. The molecule has 0 saturated carbocycles. The molecule has 1 rings (SSSR count). The van der Waals surface area contributed by atoms with Crippen LogP contribution in [0.3, 0.4) is 0 Å². The number of nitrogens with one attached hydrogen (secondary N) is 1. The van der Waals surface area contributed by atoms with Gasteiger partial charge >= 0.3 is 0 Å². The predicted octanol–water partition coefficient (Wildman–Crippen LogP) is 0.888. The van der Waals surface area contributed by atoms with Crippen LogP contribution in [0.5, 0.6) is 0 Å². The highest BCUT2D eigenvalue weighted by atomic mass is 35.5. The highest BCUT2D eigenvalue weighted by Gasteiger charge is 2.04. The number of rotatable bonds is 0. The molecule has 9 heavy (non-hydrogen) atoms. The zero-order chi connectivity index (χ0) is 5.11. The van der Waals surface area contributed by atoms with E-state index in [2.05, 4.69) is 5.32 Å². The summed E-state index contributed by atoms with van der Waals surface area (Å²) in [5.41, 5.74) is 5.52. The molecule has 0 unspecified atom stereocenters. The van der Waals surface area contributed by atoms with Crippen molar-refractivity contribution < 1.29 is 0 Å². The first kappa shape index (κ1) is 12.2. The van der Waals surface area contributed by atoms with Gasteiger partial charge in [-0.25, -0.2) is 0 Å². The molecule has 0 aliphatic carbocycles. The minimum atomic E-state index is 0. The second-order valence-corrected chi connectivity index (χ2v) is 2.06. The second kappa shape index (κ2) is 6.62. The molecular formula is C5H14Cl2N2. The van der Waals surface area contributed by atoms with E-state index in [1.807, 2.05) is 0 Å². The van der Waals surface area contributed by atoms with Gasteiger partial charge in [-0.05, 0) is 25.8 Å². The van der Waals surface area contributed by atoms with Gasteiger partial charge in [0.05, 0.1) is 6.17 Å². The van der Waals surface area contributed by atoms with Crippen molar-refractivity contribution in [3.8, 4) is 0 Å². The van der Waals surface area contributed by atoms with E-state index >= 15 is 0 Å². The molecular weight excluding hydrogens is 159 g/mol. The summed E-state index contributed by atoms with van der Waals surface area (Å²) in [5.74, 6) is 0. The Morgan fingerprint density at radius 2 is 1.89 bits per heavy atom. The highest BCUT2D eigenvalue weighted by molar-refractivity contribution is 5.85. The van der Waals surface area contributed by atoms with Crippen LogP contribution < -0.4 is 11.1 Å². The first-order valence-corrected chi connectivity index (χ1v) is 2.88. The lowest BCUT2D eigenvalue weighted by Gasteiger charge is -2.18. The molecule has 0 bridgehead atoms. The molecule has 1 atom stereocenters. The van der Waals surface area contributed by atoms with E-state index < -0.39 is 0 Å². The van der Waals surface area contributed by atoms with Crippen LogP contribution in [0.25, 0.3) is 0 Å². The van der Waals surface area contributed by atoms with Gasteiger partial charge in [-0.3, -0.25) is 0 Å². The maximum absolute atomic E-state index is 5.52. The van der Waals surface area contributed by atoms with Crippen LogP contribution in [-0.2, 0) is 0 Å². The van der Waals surface area contributed by atoms with Crippen LogP contribution in [-0.4, -0.2) is 12.7 Å². The Labute approximate surface area is 68.4 Å². The molecule has 1 aliphatic rings. The lowest BCUT2D eigenvalue weighted by Crippen LogP contribution is -2.40. The number of piperidine rings is 1. The van der Waals surface area contributed by atoms with E-state index in [-0.39, 0.29) is 31.0 Å². The van der Waals surface area contributed by atoms with E-state index in [0.29, 0.717) is 0 Å². The standard InChI is InChI=1S/C5H12N2.2ClH/c6-5-3-1-2-4-7-5;;/h5,7H,1-4,6H2;2*1H/t5-;;/m0../s1. The van der Waals surface area contributed by atoms with Crippen LogP contribution in [0.2, 0.25) is 0 Å². The predicted molar refractivity (Wildman–Crippen MR) is 44.3 cm³/mol. The molecule has 0 aromatic rings. The third kappa shape index (κ3) is 4.97. The van der Waals surface area contributed by atoms with Crippen molar-refractivity contribution >= 4 is 24.8 Å². The Kier molecular flexibility index (Phi) is 8.97. The highest BCUT2D eigenvalue weighted by Crippen LogP contribution is 2.00. The van der Waals surface area contributed by atoms with Crippen molar-refractivity contribution in [3.63, 3.8) is 0 Å². The van der Waals surface area contributed by atoms with Crippen LogP contribution in [0.15, 0.2) is 0 Å². The smallest absolute Gasteiger partial charge is 0.0546 e. The van der Waals surface area contributed by atoms with E-state index in [9.17, 15) is 0 Å². The SMILES string of the molecule is Cl.Cl.N[C@@H]1CCCCN1. The molecule has 4 heteroatoms. The van der Waals surface area contributed by atoms with Crippen LogP contribution >= 0.6 is 24.8 Å². The summed E-state index contributed by atoms with van der Waals surface area (Å²) < 4.78 is 0. The van der Waals surface area contributed by atoms with Crippen molar-refractivity contribution in [1.29, 1.82) is 0 Å². The summed E-state index contributed by atoms with van der Waals surface area (Å²) >= 11 is 0. The summed E-state index contributed by atoms with van der Waals surface area (Å²) in [4.78, 5) is 0. The van der Waals surface area contributed by atoms with Crippen molar-refractivity contribution in [3.05, 3.63) is 0 Å². The van der Waals surface area contributed by atoms with Crippen LogP contribution in [0, 0.1) is 0 Å². The monoisotopic (exact) mass is 172 g/mol. The fourth-order valence-electron chi connectivity index (χ4n) is 0.879. The lowest BCUT2D eigenvalue weighted by molar-refractivity contribution is 0.411. The Balaban J connectivity index is 0. The zero-order valence-corrected chi connectivity index (χ0v) is 6.93. The zero-order valence-electron chi connectivity index (χ0n) is 5.30. The maximum Gasteiger partial charge on any atom is 0.0546 e. The molecule has 58 valence electrons. The van der Waals surface area contributed by atoms with Gasteiger partial charge in [-0.2, -0.15) is 0 Å². The quantitative estimate of drug-likeness (QED) is 0.570. The average molecular weight is 173 g/mol. The minimum absolute atomic E-state index is 0. The summed E-state index contributed by atoms with van der Waals surface area (Å²) in [6, 6.07) is 0. The van der Waals surface area contributed by atoms with Crippen LogP contribution in [0.4, 0.5) is 0 Å². The Morgan fingerprint density at radius 1 is 1.22 bits per heavy atom. The maximum atomic E-state index is 5.52. The summed E-state index contributed by atoms with van der Waals surface area (Å²) in [7, 11) is 0. The third-order valence-electron chi connectivity index (χ3n) is 1.35. The average Bonchev–Trinajstić information content (AvgIpc) is 1.69. The van der Waals surface area contributed by atoms with E-state index in [1.165, 1.54) is 12.8 Å². The van der Waals surface area contributed by atoms with Crippen molar-refractivity contribution in [2.75, 3.05) is 6.54 Å². The van der Waals surface area contributed by atoms with Crippen molar-refractivity contribution in [2.45, 2.75) is 25.4 Å². The van der Waals surface area contributed by atoms with Gasteiger partial charge in [-0.15, -0.1) is 24.8 Å². The van der Waals surface area contributed by atoms with Gasteiger partial charge < -0.3 is 11.1 Å². The number of halogens is 2. The van der Waals surface area contributed by atoms with Crippen molar-refractivity contribution in [2.24, 2.45) is 5.73 Å². The molecule has 0 spiro atoms. The molecule has 1 aliphatic heterocycles. The summed E-state index contributed by atoms with van der Waals surface area (Å²) in [5, 5.41) is 3.16. The van der Waals surface area contributed by atoms with Gasteiger partial charge in [0.1, 0.15) is 0 Å². The van der Waals surface area contributed by atoms with Gasteiger partial charge in [-0.1, -0.05) is 0 Å². The van der Waals surface area contributed by atoms with Crippen LogP contribution in [0.1, 0.15) is 19.3 Å². The summed E-state index contributed by atoms with van der Waals surface area (Å²) in [6.07, 6.45) is 4.04. The third-order valence-corrected chi connectivity index (χ3v) is 1.35. The molecule has 0 radical (unpaired) electrons. The van der Waals surface area contributed by atoms with Crippen molar-refractivity contribution in [1.82, 2.24) is 5.32 Å². The second-order valence-electron chi connectivity index (χ2n) is 2.06. The molecule has 0 amide bonds. The van der Waals surface area contributed by atoms with E-state index in [0.717, 1.165) is 13.0 Å². The number of hydrogen-bond donors (Lipinski definition) is 2. The fourth-order valence-corrected chi connectivity index (χ4v) is 0.879. The Bertz CT molecular complexity index is 54.9. The molecule has 1 fully saturated rings. The molecule has 1 saturated heterocycles. The van der Waals surface area contributed by atoms with Gasteiger partial charge in [0.2, 0.25) is 0 Å². The van der Waals surface area contributed by atoms with Gasteiger partial charge in [0.25, 0.3) is 0 Å². The summed E-state index contributed by atoms with van der Waals surface area (Å²) in [6.45, 7) is 1.11. The molecule has 2 nitrogen and oxygen atoms in total. The first-order valence-electron chi connectivity index (χ1n) is 2.88. The topological polar surface area (TPSA) is 38.0 Å². The normalized spacial score (nSPS) is 25.7. The Hall–Kier alpha value is 0.500. The first-order chi connectivity index (χ1) is 3.39. The lowest BCUT2D eigenvalue weighted by atomic mass is 10.1. The van der Waals surface area contributed by atoms with E-state index in [1.54, 1.807) is 0 Å². The fraction of sp³-hybridized carbons (Fsp3) is 1.00. The Morgan fingerprint density at radius 3 is 2.11 bits per heavy atom. The molecule has 1 heterocycles. The van der Waals surface area contributed by atoms with Gasteiger partial charge in [0.15, 0.2) is 0 Å². The van der Waals surface area contributed by atoms with E-state index in [4.69, 9.17) is 5.73 Å². The molecule has 0 aromatic carbocycles. The molecule has 0 aromatic heterocycles. The largest absolute Gasteiger partial charge is 0.316 e. The number of nitrogens with two attached hydrogens (primary N) is 1.